The minimum atomic E-state index is -0.232. The van der Waals surface area contributed by atoms with Crippen molar-refractivity contribution in [1.29, 1.82) is 0 Å². The number of benzene rings is 1. The van der Waals surface area contributed by atoms with Crippen LogP contribution in [0, 0.1) is 0 Å². The standard InChI is InChI=1S/C11H11N3O2/c15-11-13-12-9-14(11)7-4-8-16-10-5-2-1-3-6-10/h1-6,8-9H,7H2,(H,13,15). The SMILES string of the molecule is O=c1[nH]ncn1CC=COc1ccccc1. The van der Waals surface area contributed by atoms with E-state index in [4.69, 9.17) is 4.74 Å². The lowest BCUT2D eigenvalue weighted by molar-refractivity contribution is 0.477. The van der Waals surface area contributed by atoms with Crippen LogP contribution in [-0.4, -0.2) is 14.8 Å². The predicted molar refractivity (Wildman–Crippen MR) is 59.1 cm³/mol. The summed E-state index contributed by atoms with van der Waals surface area (Å²) in [6.45, 7) is 0.433. The van der Waals surface area contributed by atoms with Crippen molar-refractivity contribution in [3.63, 3.8) is 0 Å². The molecule has 1 aromatic carbocycles. The Bertz CT molecular complexity index is 513. The van der Waals surface area contributed by atoms with Crippen LogP contribution in [0.2, 0.25) is 0 Å². The van der Waals surface area contributed by atoms with E-state index in [9.17, 15) is 4.79 Å². The van der Waals surface area contributed by atoms with Gasteiger partial charge < -0.3 is 4.74 Å². The summed E-state index contributed by atoms with van der Waals surface area (Å²) in [6, 6.07) is 9.41. The van der Waals surface area contributed by atoms with Crippen LogP contribution in [0.15, 0.2) is 53.8 Å². The van der Waals surface area contributed by atoms with E-state index in [-0.39, 0.29) is 5.69 Å². The highest BCUT2D eigenvalue weighted by atomic mass is 16.5. The van der Waals surface area contributed by atoms with Gasteiger partial charge in [-0.2, -0.15) is 5.10 Å². The van der Waals surface area contributed by atoms with E-state index in [1.54, 1.807) is 12.3 Å². The fourth-order valence-corrected chi connectivity index (χ4v) is 1.18. The Morgan fingerprint density at radius 2 is 2.19 bits per heavy atom. The molecule has 0 saturated carbocycles. The topological polar surface area (TPSA) is 59.9 Å². The quantitative estimate of drug-likeness (QED) is 0.782. The Morgan fingerprint density at radius 3 is 2.88 bits per heavy atom. The molecule has 0 unspecified atom stereocenters. The van der Waals surface area contributed by atoms with Crippen molar-refractivity contribution in [2.45, 2.75) is 6.54 Å². The van der Waals surface area contributed by atoms with E-state index in [1.807, 2.05) is 30.3 Å². The third-order valence-electron chi connectivity index (χ3n) is 1.96. The Kier molecular flexibility index (Phi) is 3.18. The van der Waals surface area contributed by atoms with Crippen LogP contribution in [0.5, 0.6) is 5.75 Å². The summed E-state index contributed by atoms with van der Waals surface area (Å²) < 4.78 is 6.75. The summed E-state index contributed by atoms with van der Waals surface area (Å²) in [7, 11) is 0. The summed E-state index contributed by atoms with van der Waals surface area (Å²) in [6.07, 6.45) is 4.73. The van der Waals surface area contributed by atoms with Gasteiger partial charge in [0, 0.05) is 6.54 Å². The normalized spacial score (nSPS) is 10.8. The van der Waals surface area contributed by atoms with Gasteiger partial charge in [-0.15, -0.1) is 0 Å². The highest BCUT2D eigenvalue weighted by Gasteiger charge is 1.92. The van der Waals surface area contributed by atoms with Crippen LogP contribution in [0.4, 0.5) is 0 Å². The molecule has 0 radical (unpaired) electrons. The molecule has 1 aromatic heterocycles. The third kappa shape index (κ3) is 2.60. The zero-order chi connectivity index (χ0) is 11.2. The van der Waals surface area contributed by atoms with E-state index >= 15 is 0 Å². The van der Waals surface area contributed by atoms with E-state index in [0.717, 1.165) is 5.75 Å². The van der Waals surface area contributed by atoms with Gasteiger partial charge in [0.05, 0.1) is 6.26 Å². The number of para-hydroxylation sites is 1. The second kappa shape index (κ2) is 4.97. The van der Waals surface area contributed by atoms with Crippen molar-refractivity contribution < 1.29 is 4.74 Å². The van der Waals surface area contributed by atoms with Crippen LogP contribution in [0.25, 0.3) is 0 Å². The molecule has 5 nitrogen and oxygen atoms in total. The number of H-pyrrole nitrogens is 1. The van der Waals surface area contributed by atoms with Gasteiger partial charge in [-0.3, -0.25) is 4.57 Å². The molecule has 82 valence electrons. The first-order valence-corrected chi connectivity index (χ1v) is 4.83. The molecule has 0 fully saturated rings. The number of nitrogens with one attached hydrogen (secondary N) is 1. The monoisotopic (exact) mass is 217 g/mol. The van der Waals surface area contributed by atoms with Crippen molar-refractivity contribution in [3.8, 4) is 5.75 Å². The molecule has 0 spiro atoms. The molecule has 0 aliphatic heterocycles. The Morgan fingerprint density at radius 1 is 1.38 bits per heavy atom. The highest BCUT2D eigenvalue weighted by Crippen LogP contribution is 2.08. The smallest absolute Gasteiger partial charge is 0.343 e. The minimum absolute atomic E-state index is 0.232. The average Bonchev–Trinajstić information content (AvgIpc) is 2.72. The van der Waals surface area contributed by atoms with E-state index in [1.165, 1.54) is 10.9 Å². The van der Waals surface area contributed by atoms with E-state index in [0.29, 0.717) is 6.54 Å². The van der Waals surface area contributed by atoms with Crippen molar-refractivity contribution in [1.82, 2.24) is 14.8 Å². The second-order valence-corrected chi connectivity index (χ2v) is 3.12. The van der Waals surface area contributed by atoms with Gasteiger partial charge >= 0.3 is 5.69 Å². The summed E-state index contributed by atoms with van der Waals surface area (Å²) in [5.74, 6) is 0.762. The highest BCUT2D eigenvalue weighted by molar-refractivity contribution is 5.21. The molecule has 0 amide bonds. The van der Waals surface area contributed by atoms with Crippen molar-refractivity contribution in [2.75, 3.05) is 0 Å². The Hall–Kier alpha value is -2.30. The van der Waals surface area contributed by atoms with Crippen molar-refractivity contribution in [2.24, 2.45) is 0 Å². The molecule has 0 atom stereocenters. The van der Waals surface area contributed by atoms with Crippen LogP contribution in [0.1, 0.15) is 0 Å². The van der Waals surface area contributed by atoms with E-state index < -0.39 is 0 Å². The molecule has 2 rings (SSSR count). The van der Waals surface area contributed by atoms with Crippen LogP contribution < -0.4 is 10.4 Å². The first kappa shape index (κ1) is 10.2. The van der Waals surface area contributed by atoms with Gasteiger partial charge in [-0.05, 0) is 18.2 Å². The largest absolute Gasteiger partial charge is 0.465 e. The molecule has 5 heteroatoms. The zero-order valence-electron chi connectivity index (χ0n) is 8.54. The maximum absolute atomic E-state index is 11.1. The average molecular weight is 217 g/mol. The lowest BCUT2D eigenvalue weighted by Crippen LogP contribution is -2.15. The molecular weight excluding hydrogens is 206 g/mol. The summed E-state index contributed by atoms with van der Waals surface area (Å²) in [4.78, 5) is 11.1. The fraction of sp³-hybridized carbons (Fsp3) is 0.0909. The molecule has 0 aliphatic rings. The van der Waals surface area contributed by atoms with Gasteiger partial charge in [0.2, 0.25) is 0 Å². The van der Waals surface area contributed by atoms with E-state index in [2.05, 4.69) is 10.2 Å². The number of hydrogen-bond acceptors (Lipinski definition) is 3. The van der Waals surface area contributed by atoms with Gasteiger partial charge in [-0.1, -0.05) is 18.2 Å². The number of ether oxygens (including phenoxy) is 1. The second-order valence-electron chi connectivity index (χ2n) is 3.12. The number of nitrogens with zero attached hydrogens (tertiary/aromatic N) is 2. The number of aromatic amines is 1. The van der Waals surface area contributed by atoms with Gasteiger partial charge in [0.25, 0.3) is 0 Å². The zero-order valence-corrected chi connectivity index (χ0v) is 8.54. The lowest BCUT2D eigenvalue weighted by Gasteiger charge is -1.98. The maximum atomic E-state index is 11.1. The van der Waals surface area contributed by atoms with Gasteiger partial charge in [0.1, 0.15) is 12.1 Å². The molecule has 1 heterocycles. The molecule has 0 saturated heterocycles. The number of rotatable bonds is 4. The Balaban J connectivity index is 1.88. The van der Waals surface area contributed by atoms with Crippen LogP contribution in [-0.2, 0) is 6.54 Å². The summed E-state index contributed by atoms with van der Waals surface area (Å²) in [5, 5.41) is 5.92. The molecule has 0 bridgehead atoms. The first-order chi connectivity index (χ1) is 7.86. The van der Waals surface area contributed by atoms with Crippen molar-refractivity contribution in [3.05, 3.63) is 59.5 Å². The predicted octanol–water partition coefficient (Wildman–Crippen LogP) is 1.16. The first-order valence-electron chi connectivity index (χ1n) is 4.83. The third-order valence-corrected chi connectivity index (χ3v) is 1.96. The van der Waals surface area contributed by atoms with Gasteiger partial charge in [0.15, 0.2) is 0 Å². The Labute approximate surface area is 92.0 Å². The minimum Gasteiger partial charge on any atom is -0.465 e. The lowest BCUT2D eigenvalue weighted by atomic mass is 10.3. The molecule has 0 aliphatic carbocycles. The van der Waals surface area contributed by atoms with Gasteiger partial charge in [-0.25, -0.2) is 9.89 Å². The fourth-order valence-electron chi connectivity index (χ4n) is 1.18. The van der Waals surface area contributed by atoms with Crippen molar-refractivity contribution >= 4 is 0 Å². The summed E-state index contributed by atoms with van der Waals surface area (Å²) >= 11 is 0. The molecule has 1 N–H and O–H groups in total. The van der Waals surface area contributed by atoms with Crippen LogP contribution in [0.3, 0.4) is 0 Å². The molecular formula is C11H11N3O2. The van der Waals surface area contributed by atoms with Crippen LogP contribution >= 0.6 is 0 Å². The maximum Gasteiger partial charge on any atom is 0.343 e. The number of hydrogen-bond donors (Lipinski definition) is 1. The molecule has 2 aromatic rings. The molecule has 16 heavy (non-hydrogen) atoms. The number of aromatic nitrogens is 3. The summed E-state index contributed by atoms with van der Waals surface area (Å²) in [5.41, 5.74) is -0.232. The number of allylic oxidation sites excluding steroid dienone is 1.